The van der Waals surface area contributed by atoms with Crippen molar-refractivity contribution in [3.05, 3.63) is 186 Å². The maximum Gasteiger partial charge on any atom is 0.0582 e. The number of benzene rings is 9. The average molecular weight is 702 g/mol. The van der Waals surface area contributed by atoms with Gasteiger partial charge in [0.1, 0.15) is 0 Å². The smallest absolute Gasteiger partial charge is 0.0582 e. The maximum absolute atomic E-state index is 2.67. The van der Waals surface area contributed by atoms with Crippen LogP contribution < -0.4 is 0 Å². The van der Waals surface area contributed by atoms with Gasteiger partial charge in [0.2, 0.25) is 0 Å². The highest BCUT2D eigenvalue weighted by Gasteiger charge is 2.44. The van der Waals surface area contributed by atoms with Gasteiger partial charge in [-0.15, -0.1) is 0 Å². The molecule has 0 atom stereocenters. The van der Waals surface area contributed by atoms with Gasteiger partial charge in [-0.3, -0.25) is 0 Å². The van der Waals surface area contributed by atoms with Crippen molar-refractivity contribution in [2.75, 3.05) is 0 Å². The molecule has 3 heterocycles. The third-order valence-electron chi connectivity index (χ3n) is 13.3. The van der Waals surface area contributed by atoms with Crippen molar-refractivity contribution in [3.8, 4) is 39.1 Å². The minimum Gasteiger partial charge on any atom is -0.308 e. The van der Waals surface area contributed by atoms with E-state index in [4.69, 9.17) is 0 Å². The molecule has 0 radical (unpaired) electrons. The van der Waals surface area contributed by atoms with Crippen LogP contribution in [-0.2, 0) is 10.8 Å². The highest BCUT2D eigenvalue weighted by atomic mass is 15.0. The summed E-state index contributed by atoms with van der Waals surface area (Å²) in [6, 6.07) is 61.9. The molecule has 2 aliphatic heterocycles. The van der Waals surface area contributed by atoms with Crippen molar-refractivity contribution < 1.29 is 0 Å². The van der Waals surface area contributed by atoms with Crippen molar-refractivity contribution in [1.29, 1.82) is 0 Å². The lowest BCUT2D eigenvalue weighted by Crippen LogP contribution is -2.33. The number of aromatic nitrogens is 1. The number of nitrogens with zero attached hydrogens (tertiary/aromatic N) is 1. The van der Waals surface area contributed by atoms with Crippen LogP contribution in [0.1, 0.15) is 49.9 Å². The molecule has 12 rings (SSSR count). The predicted octanol–water partition coefficient (Wildman–Crippen LogP) is 14.5. The minimum atomic E-state index is -0.264. The fourth-order valence-electron chi connectivity index (χ4n) is 10.5. The Kier molecular flexibility index (Phi) is 5.98. The van der Waals surface area contributed by atoms with Gasteiger partial charge in [-0.25, -0.2) is 0 Å². The van der Waals surface area contributed by atoms with Gasteiger partial charge in [0.15, 0.2) is 0 Å². The largest absolute Gasteiger partial charge is 0.308 e. The molecule has 0 unspecified atom stereocenters. The van der Waals surface area contributed by atoms with E-state index in [-0.39, 0.29) is 10.8 Å². The Balaban J connectivity index is 1.26. The summed E-state index contributed by atoms with van der Waals surface area (Å²) in [4.78, 5) is 0. The quantitative estimate of drug-likeness (QED) is 0.173. The monoisotopic (exact) mass is 701 g/mol. The van der Waals surface area contributed by atoms with Gasteiger partial charge in [0.05, 0.1) is 16.7 Å². The first-order chi connectivity index (χ1) is 26.8. The van der Waals surface area contributed by atoms with Gasteiger partial charge >= 0.3 is 0 Å². The van der Waals surface area contributed by atoms with E-state index in [2.05, 4.69) is 196 Å². The molecular weight excluding hydrogens is 663 g/mol. The minimum absolute atomic E-state index is 0.264. The number of rotatable bonds is 3. The van der Waals surface area contributed by atoms with Crippen molar-refractivity contribution in [2.24, 2.45) is 0 Å². The van der Waals surface area contributed by atoms with E-state index in [1.54, 1.807) is 0 Å². The lowest BCUT2D eigenvalue weighted by atomic mass is 9.67. The maximum atomic E-state index is 2.67. The van der Waals surface area contributed by atoms with Crippen LogP contribution in [0.5, 0.6) is 0 Å². The fourth-order valence-corrected chi connectivity index (χ4v) is 10.5. The first-order valence-corrected chi connectivity index (χ1v) is 19.6. The zero-order valence-corrected chi connectivity index (χ0v) is 31.5. The second-order valence-electron chi connectivity index (χ2n) is 16.9. The van der Waals surface area contributed by atoms with Crippen molar-refractivity contribution >= 4 is 54.1 Å². The molecule has 1 nitrogen and oxygen atoms in total. The molecule has 260 valence electrons. The summed E-state index contributed by atoms with van der Waals surface area (Å²) < 4.78 is 2.67. The molecule has 0 aliphatic carbocycles. The molecular formula is C54H39N. The molecule has 0 saturated carbocycles. The normalized spacial score (nSPS) is 14.8. The molecule has 0 amide bonds. The van der Waals surface area contributed by atoms with Crippen molar-refractivity contribution in [1.82, 2.24) is 4.57 Å². The topological polar surface area (TPSA) is 4.93 Å². The summed E-state index contributed by atoms with van der Waals surface area (Å²) in [6.07, 6.45) is 0. The van der Waals surface area contributed by atoms with Crippen LogP contribution in [0, 0.1) is 0 Å². The summed E-state index contributed by atoms with van der Waals surface area (Å²) in [6.45, 7) is 9.84. The van der Waals surface area contributed by atoms with Gasteiger partial charge < -0.3 is 4.57 Å². The Labute approximate surface area is 321 Å². The second kappa shape index (κ2) is 10.6. The molecule has 0 spiro atoms. The summed E-state index contributed by atoms with van der Waals surface area (Å²) in [7, 11) is 0. The molecule has 55 heavy (non-hydrogen) atoms. The van der Waals surface area contributed by atoms with Crippen molar-refractivity contribution in [3.63, 3.8) is 0 Å². The molecule has 2 aliphatic rings. The molecule has 0 N–H and O–H groups in total. The van der Waals surface area contributed by atoms with Gasteiger partial charge in [-0.2, -0.15) is 0 Å². The summed E-state index contributed by atoms with van der Waals surface area (Å²) in [5.74, 6) is 0. The Bertz CT molecular complexity index is 3120. The third-order valence-corrected chi connectivity index (χ3v) is 13.3. The van der Waals surface area contributed by atoms with Crippen LogP contribution in [0.25, 0.3) is 93.2 Å². The summed E-state index contributed by atoms with van der Waals surface area (Å²) >= 11 is 0. The fraction of sp³-hybridized carbons (Fsp3) is 0.111. The highest BCUT2D eigenvalue weighted by Crippen LogP contribution is 2.58. The zero-order valence-electron chi connectivity index (χ0n) is 31.5. The van der Waals surface area contributed by atoms with E-state index < -0.39 is 0 Å². The Morgan fingerprint density at radius 1 is 0.327 bits per heavy atom. The SMILES string of the molecule is CC1(C)c2cc(-c3cccc4ccccc34)cc3c2-n2c4c1cc(-c1cccc5ccccc15)cc4c1cc(-c4cccc5ccccc45)cc(c12)C3(C)C. The van der Waals surface area contributed by atoms with Crippen LogP contribution >= 0.6 is 0 Å². The first-order valence-electron chi connectivity index (χ1n) is 19.6. The van der Waals surface area contributed by atoms with Gasteiger partial charge in [-0.1, -0.05) is 155 Å². The summed E-state index contributed by atoms with van der Waals surface area (Å²) in [5.41, 5.74) is 16.8. The van der Waals surface area contributed by atoms with Gasteiger partial charge in [0, 0.05) is 21.6 Å². The average Bonchev–Trinajstić information content (AvgIpc) is 3.55. The second-order valence-corrected chi connectivity index (χ2v) is 16.9. The van der Waals surface area contributed by atoms with E-state index in [1.165, 1.54) is 115 Å². The molecule has 10 aromatic rings. The van der Waals surface area contributed by atoms with E-state index in [9.17, 15) is 0 Å². The van der Waals surface area contributed by atoms with Crippen molar-refractivity contribution in [2.45, 2.75) is 38.5 Å². The van der Waals surface area contributed by atoms with E-state index in [0.29, 0.717) is 0 Å². The van der Waals surface area contributed by atoms with Crippen LogP contribution in [0.2, 0.25) is 0 Å². The van der Waals surface area contributed by atoms with Gasteiger partial charge in [-0.05, 0) is 124 Å². The Hall–Kier alpha value is -6.44. The highest BCUT2D eigenvalue weighted by molar-refractivity contribution is 6.17. The van der Waals surface area contributed by atoms with Crippen LogP contribution in [0.3, 0.4) is 0 Å². The summed E-state index contributed by atoms with van der Waals surface area (Å²) in [5, 5.41) is 10.3. The predicted molar refractivity (Wildman–Crippen MR) is 234 cm³/mol. The lowest BCUT2D eigenvalue weighted by molar-refractivity contribution is 0.594. The van der Waals surface area contributed by atoms with E-state index >= 15 is 0 Å². The zero-order chi connectivity index (χ0) is 36.8. The molecule has 0 saturated heterocycles. The Morgan fingerprint density at radius 2 is 0.655 bits per heavy atom. The third kappa shape index (κ3) is 4.03. The molecule has 1 heteroatoms. The van der Waals surface area contributed by atoms with E-state index in [0.717, 1.165) is 0 Å². The van der Waals surface area contributed by atoms with Gasteiger partial charge in [0.25, 0.3) is 0 Å². The van der Waals surface area contributed by atoms with Crippen LogP contribution in [0.4, 0.5) is 0 Å². The van der Waals surface area contributed by atoms with E-state index in [1.807, 2.05) is 0 Å². The molecule has 0 fully saturated rings. The standard InChI is InChI=1S/C54H39N/c1-53(2)46-28-35(41-23-11-17-32-14-5-8-20-38(32)41)26-44-45-27-36(42-24-12-18-33-15-6-9-21-39(33)42)29-47-51(45)55(50(44)46)52-48(53)30-37(31-49(52)54(47,3)4)43-25-13-19-34-16-7-10-22-40(34)43/h5-31H,1-4H3. The van der Waals surface area contributed by atoms with Crippen LogP contribution in [0.15, 0.2) is 164 Å². The first kappa shape index (κ1) is 31.0. The number of fused-ring (bicyclic) bond motifs is 4. The Morgan fingerprint density at radius 3 is 1.05 bits per heavy atom. The molecule has 1 aromatic heterocycles. The lowest BCUT2D eigenvalue weighted by Gasteiger charge is -2.43. The number of hydrogen-bond acceptors (Lipinski definition) is 0. The number of hydrogen-bond donors (Lipinski definition) is 0. The molecule has 9 aromatic carbocycles. The van der Waals surface area contributed by atoms with Crippen LogP contribution in [-0.4, -0.2) is 4.57 Å². The molecule has 0 bridgehead atoms.